The van der Waals surface area contributed by atoms with Crippen LogP contribution in [0.15, 0.2) is 47.4 Å². The van der Waals surface area contributed by atoms with Gasteiger partial charge in [0.1, 0.15) is 0 Å². The summed E-state index contributed by atoms with van der Waals surface area (Å²) in [4.78, 5) is 22.6. The van der Waals surface area contributed by atoms with Gasteiger partial charge in [0.25, 0.3) is 21.6 Å². The second-order valence-electron chi connectivity index (χ2n) is 6.14. The van der Waals surface area contributed by atoms with Crippen LogP contribution in [0.5, 0.6) is 0 Å². The minimum Gasteiger partial charge on any atom is -0.350 e. The van der Waals surface area contributed by atoms with E-state index < -0.39 is 20.9 Å². The number of amides is 1. The van der Waals surface area contributed by atoms with Gasteiger partial charge in [-0.05, 0) is 38.5 Å². The Labute approximate surface area is 157 Å². The largest absolute Gasteiger partial charge is 0.350 e. The summed E-state index contributed by atoms with van der Waals surface area (Å²) in [5.41, 5.74) is 0.331. The molecule has 0 fully saturated rings. The predicted molar refractivity (Wildman–Crippen MR) is 102 cm³/mol. The Morgan fingerprint density at radius 1 is 1.22 bits per heavy atom. The first kappa shape index (κ1) is 20.4. The van der Waals surface area contributed by atoms with Gasteiger partial charge in [0.05, 0.1) is 21.1 Å². The summed E-state index contributed by atoms with van der Waals surface area (Å²) in [5, 5.41) is 13.9. The van der Waals surface area contributed by atoms with E-state index in [2.05, 4.69) is 10.0 Å². The van der Waals surface area contributed by atoms with Crippen LogP contribution in [0.25, 0.3) is 0 Å². The van der Waals surface area contributed by atoms with E-state index >= 15 is 0 Å². The van der Waals surface area contributed by atoms with Crippen LogP contribution in [-0.4, -0.2) is 25.3 Å². The lowest BCUT2D eigenvalue weighted by Crippen LogP contribution is -2.32. The number of aryl methyl sites for hydroxylation is 1. The molecule has 2 N–H and O–H groups in total. The van der Waals surface area contributed by atoms with E-state index in [-0.39, 0.29) is 27.9 Å². The van der Waals surface area contributed by atoms with Gasteiger partial charge in [-0.15, -0.1) is 0 Å². The fourth-order valence-electron chi connectivity index (χ4n) is 2.33. The third-order valence-electron chi connectivity index (χ3n) is 4.09. The van der Waals surface area contributed by atoms with Crippen LogP contribution in [-0.2, 0) is 10.0 Å². The molecule has 0 aliphatic rings. The van der Waals surface area contributed by atoms with Crippen molar-refractivity contribution in [1.29, 1.82) is 0 Å². The van der Waals surface area contributed by atoms with Gasteiger partial charge in [-0.3, -0.25) is 19.6 Å². The van der Waals surface area contributed by atoms with Gasteiger partial charge < -0.3 is 5.32 Å². The van der Waals surface area contributed by atoms with E-state index in [1.807, 2.05) is 13.8 Å². The van der Waals surface area contributed by atoms with E-state index in [1.54, 1.807) is 12.1 Å². The van der Waals surface area contributed by atoms with E-state index in [0.29, 0.717) is 5.56 Å². The number of nitro groups is 1. The summed E-state index contributed by atoms with van der Waals surface area (Å²) in [5.74, 6) is -0.405. The molecule has 2 aromatic carbocycles. The number of nitrogens with zero attached hydrogens (tertiary/aromatic N) is 1. The molecule has 9 heteroatoms. The van der Waals surface area contributed by atoms with Crippen molar-refractivity contribution in [2.45, 2.75) is 38.1 Å². The highest BCUT2D eigenvalue weighted by Gasteiger charge is 2.22. The van der Waals surface area contributed by atoms with E-state index in [4.69, 9.17) is 0 Å². The monoisotopic (exact) mass is 391 g/mol. The van der Waals surface area contributed by atoms with Crippen molar-refractivity contribution in [2.24, 2.45) is 0 Å². The van der Waals surface area contributed by atoms with E-state index in [1.165, 1.54) is 31.2 Å². The van der Waals surface area contributed by atoms with Crippen molar-refractivity contribution in [1.82, 2.24) is 5.32 Å². The van der Waals surface area contributed by atoms with Gasteiger partial charge >= 0.3 is 0 Å². The van der Waals surface area contributed by atoms with Crippen molar-refractivity contribution in [3.8, 4) is 0 Å². The van der Waals surface area contributed by atoms with Crippen LogP contribution in [0.4, 0.5) is 11.4 Å². The number of rotatable bonds is 7. The molecule has 0 bridgehead atoms. The first-order valence-electron chi connectivity index (χ1n) is 8.33. The SMILES string of the molecule is CC[C@@H](C)NC(=O)c1ccccc1NS(=O)(=O)c1ccc(C)c([N+](=O)[O-])c1. The predicted octanol–water partition coefficient (Wildman–Crippen LogP) is 3.23. The molecular weight excluding hydrogens is 370 g/mol. The molecule has 0 spiro atoms. The Kier molecular flexibility index (Phi) is 6.17. The normalized spacial score (nSPS) is 12.3. The van der Waals surface area contributed by atoms with Crippen molar-refractivity contribution in [3.63, 3.8) is 0 Å². The van der Waals surface area contributed by atoms with Crippen LogP contribution < -0.4 is 10.0 Å². The van der Waals surface area contributed by atoms with Gasteiger partial charge in [0, 0.05) is 17.7 Å². The van der Waals surface area contributed by atoms with Crippen LogP contribution in [0.2, 0.25) is 0 Å². The molecule has 0 heterocycles. The Bertz CT molecular complexity index is 973. The molecule has 144 valence electrons. The van der Waals surface area contributed by atoms with Gasteiger partial charge in [-0.1, -0.05) is 25.1 Å². The number of carbonyl (C=O) groups is 1. The van der Waals surface area contributed by atoms with Gasteiger partial charge in [-0.2, -0.15) is 0 Å². The average molecular weight is 391 g/mol. The molecule has 0 aliphatic carbocycles. The summed E-state index contributed by atoms with van der Waals surface area (Å²) in [6, 6.07) is 9.77. The number of benzene rings is 2. The molecule has 0 saturated carbocycles. The number of anilines is 1. The minimum absolute atomic E-state index is 0.0677. The number of carbonyl (C=O) groups excluding carboxylic acids is 1. The number of nitrogens with one attached hydrogen (secondary N) is 2. The fourth-order valence-corrected chi connectivity index (χ4v) is 3.43. The standard InChI is InChI=1S/C18H21N3O5S/c1-4-13(3)19-18(22)15-7-5-6-8-16(15)20-27(25,26)14-10-9-12(2)17(11-14)21(23)24/h5-11,13,20H,4H2,1-3H3,(H,19,22)/t13-/m1/s1. The number of hydrogen-bond donors (Lipinski definition) is 2. The molecule has 8 nitrogen and oxygen atoms in total. The Morgan fingerprint density at radius 3 is 2.52 bits per heavy atom. The molecular formula is C18H21N3O5S. The highest BCUT2D eigenvalue weighted by atomic mass is 32.2. The number of para-hydroxylation sites is 1. The molecule has 0 radical (unpaired) electrons. The smallest absolute Gasteiger partial charge is 0.273 e. The van der Waals surface area contributed by atoms with E-state index in [9.17, 15) is 23.3 Å². The van der Waals surface area contributed by atoms with Gasteiger partial charge in [-0.25, -0.2) is 8.42 Å². The zero-order chi connectivity index (χ0) is 20.2. The third-order valence-corrected chi connectivity index (χ3v) is 5.46. The summed E-state index contributed by atoms with van der Waals surface area (Å²) >= 11 is 0. The van der Waals surface area contributed by atoms with Gasteiger partial charge in [0.15, 0.2) is 0 Å². The first-order valence-corrected chi connectivity index (χ1v) is 9.81. The molecule has 27 heavy (non-hydrogen) atoms. The minimum atomic E-state index is -4.11. The number of sulfonamides is 1. The Hall–Kier alpha value is -2.94. The summed E-state index contributed by atoms with van der Waals surface area (Å²) < 4.78 is 27.7. The first-order chi connectivity index (χ1) is 12.7. The molecule has 1 amide bonds. The zero-order valence-corrected chi connectivity index (χ0v) is 16.0. The molecule has 0 aliphatic heterocycles. The molecule has 2 aromatic rings. The van der Waals surface area contributed by atoms with E-state index in [0.717, 1.165) is 12.5 Å². The second kappa shape index (κ2) is 8.17. The van der Waals surface area contributed by atoms with Crippen molar-refractivity contribution < 1.29 is 18.1 Å². The summed E-state index contributed by atoms with van der Waals surface area (Å²) in [6.07, 6.45) is 0.729. The lowest BCUT2D eigenvalue weighted by atomic mass is 10.1. The summed E-state index contributed by atoms with van der Waals surface area (Å²) in [6.45, 7) is 5.29. The van der Waals surface area contributed by atoms with Crippen molar-refractivity contribution >= 4 is 27.3 Å². The molecule has 0 saturated heterocycles. The zero-order valence-electron chi connectivity index (χ0n) is 15.2. The number of nitro benzene ring substituents is 1. The van der Waals surface area contributed by atoms with Crippen LogP contribution in [0, 0.1) is 17.0 Å². The van der Waals surface area contributed by atoms with Crippen molar-refractivity contribution in [3.05, 3.63) is 63.7 Å². The maximum Gasteiger partial charge on any atom is 0.273 e. The number of hydrogen-bond acceptors (Lipinski definition) is 5. The highest BCUT2D eigenvalue weighted by Crippen LogP contribution is 2.25. The lowest BCUT2D eigenvalue weighted by molar-refractivity contribution is -0.385. The van der Waals surface area contributed by atoms with Crippen LogP contribution >= 0.6 is 0 Å². The molecule has 1 atom stereocenters. The fraction of sp³-hybridized carbons (Fsp3) is 0.278. The van der Waals surface area contributed by atoms with Crippen LogP contribution in [0.3, 0.4) is 0 Å². The average Bonchev–Trinajstić information content (AvgIpc) is 2.61. The topological polar surface area (TPSA) is 118 Å². The molecule has 2 rings (SSSR count). The summed E-state index contributed by atoms with van der Waals surface area (Å²) in [7, 11) is -4.11. The quantitative estimate of drug-likeness (QED) is 0.555. The maximum absolute atomic E-state index is 12.7. The highest BCUT2D eigenvalue weighted by molar-refractivity contribution is 7.92. The molecule has 0 unspecified atom stereocenters. The van der Waals surface area contributed by atoms with Crippen molar-refractivity contribution in [2.75, 3.05) is 4.72 Å². The van der Waals surface area contributed by atoms with Gasteiger partial charge in [0.2, 0.25) is 0 Å². The third kappa shape index (κ3) is 4.82. The Morgan fingerprint density at radius 2 is 1.89 bits per heavy atom. The lowest BCUT2D eigenvalue weighted by Gasteiger charge is -2.15. The second-order valence-corrected chi connectivity index (χ2v) is 7.82. The Balaban J connectivity index is 2.38. The molecule has 0 aromatic heterocycles. The van der Waals surface area contributed by atoms with Crippen LogP contribution in [0.1, 0.15) is 36.2 Å². The maximum atomic E-state index is 12.7.